The lowest BCUT2D eigenvalue weighted by molar-refractivity contribution is -0.120. The van der Waals surface area contributed by atoms with Gasteiger partial charge in [0.1, 0.15) is 12.6 Å². The van der Waals surface area contributed by atoms with Gasteiger partial charge in [0.2, 0.25) is 5.91 Å². The fourth-order valence-electron chi connectivity index (χ4n) is 4.22. The molecular formula is C25H27ClN4O2. The maximum atomic E-state index is 13.8. The van der Waals surface area contributed by atoms with Gasteiger partial charge in [0.25, 0.3) is 0 Å². The number of carbonyl (C=O) groups is 2. The van der Waals surface area contributed by atoms with Gasteiger partial charge in [0.15, 0.2) is 0 Å². The molecule has 0 aliphatic carbocycles. The van der Waals surface area contributed by atoms with Crippen LogP contribution in [0.4, 0.5) is 10.5 Å². The number of amides is 3. The predicted molar refractivity (Wildman–Crippen MR) is 127 cm³/mol. The first kappa shape index (κ1) is 22.0. The lowest BCUT2D eigenvalue weighted by Gasteiger charge is -2.40. The predicted octanol–water partition coefficient (Wildman–Crippen LogP) is 5.01. The van der Waals surface area contributed by atoms with Crippen LogP contribution in [0.1, 0.15) is 38.1 Å². The Kier molecular flexibility index (Phi) is 6.24. The van der Waals surface area contributed by atoms with Crippen molar-refractivity contribution in [2.75, 3.05) is 18.0 Å². The van der Waals surface area contributed by atoms with Crippen molar-refractivity contribution in [1.29, 1.82) is 0 Å². The largest absolute Gasteiger partial charge is 0.338 e. The van der Waals surface area contributed by atoms with E-state index < -0.39 is 0 Å². The second-order valence-corrected chi connectivity index (χ2v) is 8.51. The number of aromatic nitrogens is 1. The summed E-state index contributed by atoms with van der Waals surface area (Å²) >= 11 is 6.32. The molecule has 32 heavy (non-hydrogen) atoms. The van der Waals surface area contributed by atoms with Crippen molar-refractivity contribution >= 4 is 29.2 Å². The van der Waals surface area contributed by atoms with Gasteiger partial charge in [-0.25, -0.2) is 4.79 Å². The van der Waals surface area contributed by atoms with Crippen LogP contribution in [0.2, 0.25) is 5.02 Å². The van der Waals surface area contributed by atoms with Crippen LogP contribution in [-0.2, 0) is 4.79 Å². The third-order valence-corrected chi connectivity index (χ3v) is 5.91. The van der Waals surface area contributed by atoms with Gasteiger partial charge >= 0.3 is 6.03 Å². The molecule has 0 bridgehead atoms. The van der Waals surface area contributed by atoms with E-state index in [0.29, 0.717) is 11.6 Å². The minimum Gasteiger partial charge on any atom is -0.338 e. The Balaban J connectivity index is 1.82. The van der Waals surface area contributed by atoms with E-state index in [1.807, 2.05) is 87.6 Å². The van der Waals surface area contributed by atoms with Crippen molar-refractivity contribution in [2.45, 2.75) is 32.9 Å². The number of halogens is 1. The van der Waals surface area contributed by atoms with Crippen molar-refractivity contribution in [1.82, 2.24) is 14.8 Å². The van der Waals surface area contributed by atoms with Gasteiger partial charge in [-0.2, -0.15) is 0 Å². The maximum Gasteiger partial charge on any atom is 0.318 e. The molecule has 0 fully saturated rings. The summed E-state index contributed by atoms with van der Waals surface area (Å²) in [5, 5.41) is 3.42. The molecule has 6 nitrogen and oxygen atoms in total. The molecule has 1 atom stereocenters. The summed E-state index contributed by atoms with van der Waals surface area (Å²) in [4.78, 5) is 29.8. The number of rotatable bonds is 5. The number of hydrogen-bond donors (Lipinski definition) is 1. The number of nitrogens with one attached hydrogen (secondary N) is 1. The molecule has 1 aromatic heterocycles. The number of carbonyl (C=O) groups excluding carboxylic acids is 2. The average Bonchev–Trinajstić information content (AvgIpc) is 3.26. The third-order valence-electron chi connectivity index (χ3n) is 5.67. The minimum atomic E-state index is -0.366. The van der Waals surface area contributed by atoms with Crippen LogP contribution in [0.3, 0.4) is 0 Å². The lowest BCUT2D eigenvalue weighted by atomic mass is 9.97. The van der Waals surface area contributed by atoms with Gasteiger partial charge in [0.05, 0.1) is 17.1 Å². The fraction of sp³-hybridized carbons (Fsp3) is 0.280. The van der Waals surface area contributed by atoms with Gasteiger partial charge in [-0.1, -0.05) is 35.9 Å². The van der Waals surface area contributed by atoms with Crippen molar-refractivity contribution in [3.63, 3.8) is 0 Å². The zero-order valence-electron chi connectivity index (χ0n) is 18.5. The van der Waals surface area contributed by atoms with E-state index in [4.69, 9.17) is 11.6 Å². The van der Waals surface area contributed by atoms with Gasteiger partial charge in [-0.05, 0) is 62.7 Å². The molecule has 2 aromatic carbocycles. The van der Waals surface area contributed by atoms with Crippen molar-refractivity contribution in [2.24, 2.45) is 0 Å². The smallest absolute Gasteiger partial charge is 0.318 e. The second kappa shape index (κ2) is 9.09. The average molecular weight is 451 g/mol. The van der Waals surface area contributed by atoms with Crippen LogP contribution in [0.25, 0.3) is 5.69 Å². The van der Waals surface area contributed by atoms with Crippen molar-refractivity contribution < 1.29 is 9.59 Å². The number of urea groups is 1. The number of fused-ring (bicyclic) bond motifs is 3. The summed E-state index contributed by atoms with van der Waals surface area (Å²) in [7, 11) is 0. The second-order valence-electron chi connectivity index (χ2n) is 8.07. The van der Waals surface area contributed by atoms with E-state index in [2.05, 4.69) is 9.88 Å². The highest BCUT2D eigenvalue weighted by atomic mass is 35.5. The molecule has 166 valence electrons. The van der Waals surface area contributed by atoms with E-state index in [-0.39, 0.29) is 30.6 Å². The fourth-order valence-corrected chi connectivity index (χ4v) is 4.42. The molecule has 1 N–H and O–H groups in total. The molecule has 1 aliphatic heterocycles. The van der Waals surface area contributed by atoms with Crippen LogP contribution in [0.5, 0.6) is 0 Å². The summed E-state index contributed by atoms with van der Waals surface area (Å²) in [5.41, 5.74) is 3.60. The highest BCUT2D eigenvalue weighted by Gasteiger charge is 2.37. The topological polar surface area (TPSA) is 57.6 Å². The summed E-state index contributed by atoms with van der Waals surface area (Å²) in [6.45, 7) is 6.15. The Bertz CT molecular complexity index is 1140. The lowest BCUT2D eigenvalue weighted by Crippen LogP contribution is -2.51. The highest BCUT2D eigenvalue weighted by Crippen LogP contribution is 2.42. The number of hydrogen-bond acceptors (Lipinski definition) is 2. The number of anilines is 1. The van der Waals surface area contributed by atoms with Crippen molar-refractivity contribution in [3.8, 4) is 5.69 Å². The summed E-state index contributed by atoms with van der Waals surface area (Å²) in [6, 6.07) is 18.7. The molecule has 3 amide bonds. The van der Waals surface area contributed by atoms with Crippen LogP contribution >= 0.6 is 11.6 Å². The zero-order valence-corrected chi connectivity index (χ0v) is 19.2. The van der Waals surface area contributed by atoms with Crippen LogP contribution in [0, 0.1) is 0 Å². The van der Waals surface area contributed by atoms with E-state index in [1.165, 1.54) is 0 Å². The van der Waals surface area contributed by atoms with Gasteiger partial charge in [-0.3, -0.25) is 9.69 Å². The van der Waals surface area contributed by atoms with Crippen LogP contribution in [-0.4, -0.2) is 40.5 Å². The Morgan fingerprint density at radius 2 is 1.81 bits per heavy atom. The first-order valence-corrected chi connectivity index (χ1v) is 11.2. The molecule has 0 saturated carbocycles. The molecule has 0 saturated heterocycles. The van der Waals surface area contributed by atoms with E-state index >= 15 is 0 Å². The number of benzene rings is 2. The first-order valence-electron chi connectivity index (χ1n) is 10.8. The Morgan fingerprint density at radius 3 is 2.50 bits per heavy atom. The molecule has 3 aromatic rings. The number of nitrogens with zero attached hydrogens (tertiary/aromatic N) is 3. The summed E-state index contributed by atoms with van der Waals surface area (Å²) in [6.07, 6.45) is 2.00. The summed E-state index contributed by atoms with van der Waals surface area (Å²) in [5.74, 6) is -0.158. The molecular weight excluding hydrogens is 424 g/mol. The molecule has 0 radical (unpaired) electrons. The molecule has 1 aliphatic rings. The third kappa shape index (κ3) is 3.98. The normalized spacial score (nSPS) is 14.7. The maximum absolute atomic E-state index is 13.8. The first-order chi connectivity index (χ1) is 15.4. The van der Waals surface area contributed by atoms with E-state index in [1.54, 1.807) is 9.80 Å². The van der Waals surface area contributed by atoms with Crippen LogP contribution < -0.4 is 10.2 Å². The molecule has 0 spiro atoms. The molecule has 4 rings (SSSR count). The molecule has 2 heterocycles. The summed E-state index contributed by atoms with van der Waals surface area (Å²) < 4.78 is 2.11. The Morgan fingerprint density at radius 1 is 1.06 bits per heavy atom. The van der Waals surface area contributed by atoms with E-state index in [9.17, 15) is 9.59 Å². The quantitative estimate of drug-likeness (QED) is 0.594. The molecule has 1 unspecified atom stereocenters. The van der Waals surface area contributed by atoms with Gasteiger partial charge < -0.3 is 14.8 Å². The monoisotopic (exact) mass is 450 g/mol. The van der Waals surface area contributed by atoms with Gasteiger partial charge in [0, 0.05) is 23.8 Å². The van der Waals surface area contributed by atoms with Crippen LogP contribution in [0.15, 0.2) is 66.9 Å². The SMILES string of the molecule is CCNC(=O)N(CC(=O)N1c2ccccc2-n2cccc2C1c1cccc(Cl)c1)C(C)C. The van der Waals surface area contributed by atoms with Gasteiger partial charge in [-0.15, -0.1) is 0 Å². The Labute approximate surface area is 193 Å². The number of para-hydroxylation sites is 2. The Hall–Kier alpha value is -3.25. The minimum absolute atomic E-state index is 0.0321. The highest BCUT2D eigenvalue weighted by molar-refractivity contribution is 6.30. The van der Waals surface area contributed by atoms with E-state index in [0.717, 1.165) is 22.6 Å². The van der Waals surface area contributed by atoms with Crippen molar-refractivity contribution in [3.05, 3.63) is 83.1 Å². The zero-order chi connectivity index (χ0) is 22.8. The molecule has 7 heteroatoms. The standard InChI is InChI=1S/C25H27ClN4O2/c1-4-27-25(32)29(17(2)3)16-23(31)30-21-12-6-5-11-20(21)28-14-8-13-22(28)24(30)18-9-7-10-19(26)15-18/h5-15,17,24H,4,16H2,1-3H3,(H,27,32).